The number of rotatable bonds is 1. The smallest absolute Gasteiger partial charge is 0.283 e. The molecule has 0 atom stereocenters. The summed E-state index contributed by atoms with van der Waals surface area (Å²) in [6, 6.07) is 0. The fraction of sp³-hybridized carbons (Fsp3) is 0.375. The van der Waals surface area contributed by atoms with E-state index in [2.05, 4.69) is 11.7 Å². The molecule has 0 amide bonds. The fourth-order valence-electron chi connectivity index (χ4n) is 1.41. The molecule has 0 aliphatic carbocycles. The third-order valence-electron chi connectivity index (χ3n) is 2.13. The third kappa shape index (κ3) is 0.958. The van der Waals surface area contributed by atoms with Crippen LogP contribution in [0.15, 0.2) is 22.1 Å². The van der Waals surface area contributed by atoms with Crippen LogP contribution in [0.3, 0.4) is 0 Å². The molecule has 0 spiro atoms. The highest BCUT2D eigenvalue weighted by molar-refractivity contribution is 5.17. The number of hydrogen-bond acceptors (Lipinski definition) is 3. The molecular weight excluding hydrogens is 156 g/mol. The molecule has 1 aliphatic heterocycles. The Morgan fingerprint density at radius 2 is 2.50 bits per heavy atom. The zero-order valence-electron chi connectivity index (χ0n) is 6.67. The topological polar surface area (TPSA) is 49.2 Å². The Hall–Kier alpha value is -1.45. The van der Waals surface area contributed by atoms with Crippen molar-refractivity contribution < 1.29 is 4.52 Å². The van der Waals surface area contributed by atoms with Crippen LogP contribution in [-0.2, 0) is 13.0 Å². The zero-order chi connectivity index (χ0) is 8.55. The van der Waals surface area contributed by atoms with Crippen LogP contribution < -0.4 is 5.56 Å². The Bertz CT molecular complexity index is 350. The molecule has 2 rings (SSSR count). The summed E-state index contributed by atoms with van der Waals surface area (Å²) in [7, 11) is 0. The molecule has 4 heteroatoms. The van der Waals surface area contributed by atoms with Crippen LogP contribution in [0.25, 0.3) is 0 Å². The van der Waals surface area contributed by atoms with E-state index in [0.29, 0.717) is 6.54 Å². The summed E-state index contributed by atoms with van der Waals surface area (Å²) in [5.74, 6) is 0.742. The van der Waals surface area contributed by atoms with Crippen molar-refractivity contribution in [2.45, 2.75) is 13.0 Å². The van der Waals surface area contributed by atoms with Gasteiger partial charge in [-0.25, -0.2) is 0 Å². The van der Waals surface area contributed by atoms with Crippen LogP contribution in [0, 0.1) is 0 Å². The molecule has 1 aliphatic rings. The highest BCUT2D eigenvalue weighted by Crippen LogP contribution is 2.14. The van der Waals surface area contributed by atoms with Crippen LogP contribution in [0.5, 0.6) is 0 Å². The molecule has 0 bridgehead atoms. The van der Waals surface area contributed by atoms with E-state index in [9.17, 15) is 4.79 Å². The number of aromatic nitrogens is 1. The van der Waals surface area contributed by atoms with Gasteiger partial charge in [-0.15, -0.1) is 0 Å². The number of H-pyrrole nitrogens is 1. The molecule has 2 heterocycles. The highest BCUT2D eigenvalue weighted by atomic mass is 16.5. The van der Waals surface area contributed by atoms with Gasteiger partial charge >= 0.3 is 0 Å². The monoisotopic (exact) mass is 166 g/mol. The lowest BCUT2D eigenvalue weighted by molar-refractivity contribution is 0.281. The maximum Gasteiger partial charge on any atom is 0.283 e. The van der Waals surface area contributed by atoms with Gasteiger partial charge in [0.05, 0.1) is 12.1 Å². The molecule has 12 heavy (non-hydrogen) atoms. The molecule has 0 fully saturated rings. The molecular formula is C8H10N2O2. The van der Waals surface area contributed by atoms with Crippen LogP contribution in [0.1, 0.15) is 11.3 Å². The molecule has 0 saturated carbocycles. The van der Waals surface area contributed by atoms with Gasteiger partial charge in [0, 0.05) is 6.54 Å². The van der Waals surface area contributed by atoms with E-state index in [1.165, 1.54) is 0 Å². The average molecular weight is 166 g/mol. The second kappa shape index (κ2) is 2.55. The van der Waals surface area contributed by atoms with E-state index < -0.39 is 0 Å². The van der Waals surface area contributed by atoms with E-state index in [1.54, 1.807) is 6.20 Å². The minimum absolute atomic E-state index is 0.0892. The number of aromatic amines is 1. The first-order chi connectivity index (χ1) is 5.81. The van der Waals surface area contributed by atoms with Crippen molar-refractivity contribution in [1.29, 1.82) is 0 Å². The zero-order valence-corrected chi connectivity index (χ0v) is 6.67. The van der Waals surface area contributed by atoms with Crippen molar-refractivity contribution in [3.63, 3.8) is 0 Å². The van der Waals surface area contributed by atoms with Gasteiger partial charge in [-0.1, -0.05) is 6.58 Å². The van der Waals surface area contributed by atoms with Crippen LogP contribution in [-0.4, -0.2) is 16.6 Å². The Labute approximate surface area is 69.4 Å². The summed E-state index contributed by atoms with van der Waals surface area (Å²) in [5, 5.41) is 2.33. The molecule has 0 unspecified atom stereocenters. The Kier molecular flexibility index (Phi) is 1.53. The summed E-state index contributed by atoms with van der Waals surface area (Å²) in [6.45, 7) is 5.16. The van der Waals surface area contributed by atoms with Crippen molar-refractivity contribution in [3.05, 3.63) is 34.5 Å². The molecule has 0 saturated heterocycles. The van der Waals surface area contributed by atoms with Crippen molar-refractivity contribution >= 4 is 0 Å². The van der Waals surface area contributed by atoms with Gasteiger partial charge in [-0.2, -0.15) is 5.16 Å². The fourth-order valence-corrected chi connectivity index (χ4v) is 1.41. The molecule has 1 aromatic heterocycles. The molecule has 64 valence electrons. The lowest BCUT2D eigenvalue weighted by Crippen LogP contribution is -2.27. The first-order valence-electron chi connectivity index (χ1n) is 3.87. The summed E-state index contributed by atoms with van der Waals surface area (Å²) in [4.78, 5) is 13.1. The Balaban J connectivity index is 2.36. The van der Waals surface area contributed by atoms with Crippen molar-refractivity contribution in [2.75, 3.05) is 6.54 Å². The van der Waals surface area contributed by atoms with Gasteiger partial charge in [0.15, 0.2) is 5.76 Å². The van der Waals surface area contributed by atoms with Gasteiger partial charge in [0.25, 0.3) is 5.56 Å². The van der Waals surface area contributed by atoms with E-state index in [4.69, 9.17) is 4.52 Å². The number of nitrogens with zero attached hydrogens (tertiary/aromatic N) is 1. The summed E-state index contributed by atoms with van der Waals surface area (Å²) >= 11 is 0. The van der Waals surface area contributed by atoms with Gasteiger partial charge < -0.3 is 9.42 Å². The molecule has 0 radical (unpaired) electrons. The second-order valence-electron chi connectivity index (χ2n) is 2.84. The number of nitrogens with one attached hydrogen (secondary N) is 1. The first kappa shape index (κ1) is 7.21. The lowest BCUT2D eigenvalue weighted by Gasteiger charge is -2.22. The normalized spacial score (nSPS) is 15.8. The highest BCUT2D eigenvalue weighted by Gasteiger charge is 2.19. The lowest BCUT2D eigenvalue weighted by atomic mass is 10.1. The average Bonchev–Trinajstić information content (AvgIpc) is 2.47. The quantitative estimate of drug-likeness (QED) is 0.659. The van der Waals surface area contributed by atoms with Crippen molar-refractivity contribution in [3.8, 4) is 0 Å². The Morgan fingerprint density at radius 3 is 3.25 bits per heavy atom. The molecule has 1 N–H and O–H groups in total. The van der Waals surface area contributed by atoms with Gasteiger partial charge in [-0.3, -0.25) is 4.79 Å². The van der Waals surface area contributed by atoms with E-state index in [-0.39, 0.29) is 5.56 Å². The van der Waals surface area contributed by atoms with Crippen LogP contribution >= 0.6 is 0 Å². The number of hydrogen-bond donors (Lipinski definition) is 1. The molecule has 0 aromatic carbocycles. The standard InChI is InChI=1S/C8H10N2O2/c1-2-10-4-3-6-7(5-10)12-9-8(6)11/h2H,1,3-5H2,(H,9,11). The summed E-state index contributed by atoms with van der Waals surface area (Å²) < 4.78 is 4.99. The van der Waals surface area contributed by atoms with E-state index in [0.717, 1.165) is 24.3 Å². The van der Waals surface area contributed by atoms with Gasteiger partial charge in [-0.05, 0) is 12.6 Å². The van der Waals surface area contributed by atoms with Gasteiger partial charge in [0.2, 0.25) is 0 Å². The first-order valence-corrected chi connectivity index (χ1v) is 3.87. The van der Waals surface area contributed by atoms with Crippen LogP contribution in [0.4, 0.5) is 0 Å². The maximum absolute atomic E-state index is 11.1. The molecule has 4 nitrogen and oxygen atoms in total. The third-order valence-corrected chi connectivity index (χ3v) is 2.13. The largest absolute Gasteiger partial charge is 0.381 e. The van der Waals surface area contributed by atoms with Crippen LogP contribution in [0.2, 0.25) is 0 Å². The second-order valence-corrected chi connectivity index (χ2v) is 2.84. The van der Waals surface area contributed by atoms with E-state index >= 15 is 0 Å². The van der Waals surface area contributed by atoms with Gasteiger partial charge in [0.1, 0.15) is 0 Å². The minimum atomic E-state index is -0.0892. The molecule has 1 aromatic rings. The maximum atomic E-state index is 11.1. The Morgan fingerprint density at radius 1 is 1.67 bits per heavy atom. The van der Waals surface area contributed by atoms with E-state index in [1.807, 2.05) is 4.90 Å². The summed E-state index contributed by atoms with van der Waals surface area (Å²) in [5.41, 5.74) is 0.696. The van der Waals surface area contributed by atoms with Crippen molar-refractivity contribution in [1.82, 2.24) is 10.1 Å². The minimum Gasteiger partial charge on any atom is -0.381 e. The van der Waals surface area contributed by atoms with Crippen molar-refractivity contribution in [2.24, 2.45) is 0 Å². The predicted octanol–water partition coefficient (Wildman–Crippen LogP) is 0.469. The number of fused-ring (bicyclic) bond motifs is 1. The predicted molar refractivity (Wildman–Crippen MR) is 43.6 cm³/mol. The SMILES string of the molecule is C=CN1CCc2c(o[nH]c2=O)C1. The summed E-state index contributed by atoms with van der Waals surface area (Å²) in [6.07, 6.45) is 2.50.